The van der Waals surface area contributed by atoms with Gasteiger partial charge in [0.05, 0.1) is 18.2 Å². The molecule has 0 fully saturated rings. The summed E-state index contributed by atoms with van der Waals surface area (Å²) in [5, 5.41) is 3.65. The number of para-hydroxylation sites is 1. The summed E-state index contributed by atoms with van der Waals surface area (Å²) in [7, 11) is 3.18. The van der Waals surface area contributed by atoms with E-state index in [0.29, 0.717) is 11.1 Å². The molecule has 116 valence electrons. The average molecular weight is 308 g/mol. The Labute approximate surface area is 133 Å². The van der Waals surface area contributed by atoms with Gasteiger partial charge in [0, 0.05) is 29.8 Å². The van der Waals surface area contributed by atoms with E-state index < -0.39 is 5.97 Å². The first-order valence-corrected chi connectivity index (χ1v) is 7.14. The topological polar surface area (TPSA) is 60.3 Å². The van der Waals surface area contributed by atoms with Crippen molar-refractivity contribution < 1.29 is 14.3 Å². The molecule has 0 radical (unpaired) electrons. The first-order valence-electron chi connectivity index (χ1n) is 7.14. The quantitative estimate of drug-likeness (QED) is 0.756. The number of rotatable bonds is 3. The van der Waals surface area contributed by atoms with Gasteiger partial charge >= 0.3 is 5.97 Å². The number of benzene rings is 2. The van der Waals surface area contributed by atoms with Gasteiger partial charge in [0.1, 0.15) is 0 Å². The van der Waals surface area contributed by atoms with E-state index >= 15 is 0 Å². The molecule has 0 bridgehead atoms. The number of hydrogen-bond donors (Lipinski definition) is 1. The monoisotopic (exact) mass is 308 g/mol. The van der Waals surface area contributed by atoms with Crippen LogP contribution >= 0.6 is 0 Å². The lowest BCUT2D eigenvalue weighted by molar-refractivity contribution is 0.0600. The van der Waals surface area contributed by atoms with Gasteiger partial charge < -0.3 is 14.6 Å². The summed E-state index contributed by atoms with van der Waals surface area (Å²) >= 11 is 0. The Balaban J connectivity index is 1.98. The third-order valence-electron chi connectivity index (χ3n) is 3.69. The molecule has 3 aromatic rings. The molecule has 2 aromatic carbocycles. The lowest BCUT2D eigenvalue weighted by Gasteiger charge is -2.04. The van der Waals surface area contributed by atoms with E-state index in [1.54, 1.807) is 24.4 Å². The molecule has 3 rings (SSSR count). The third-order valence-corrected chi connectivity index (χ3v) is 3.69. The number of hydrogen-bond acceptors (Lipinski definition) is 3. The zero-order chi connectivity index (χ0) is 16.4. The second kappa shape index (κ2) is 5.96. The Hall–Kier alpha value is -3.08. The fourth-order valence-corrected chi connectivity index (χ4v) is 2.53. The highest BCUT2D eigenvalue weighted by Gasteiger charge is 2.16. The summed E-state index contributed by atoms with van der Waals surface area (Å²) < 4.78 is 6.55. The number of anilines is 1. The van der Waals surface area contributed by atoms with Gasteiger partial charge in [0.25, 0.3) is 5.91 Å². The van der Waals surface area contributed by atoms with E-state index in [0.717, 1.165) is 16.6 Å². The second-order valence-electron chi connectivity index (χ2n) is 5.20. The van der Waals surface area contributed by atoms with Gasteiger partial charge in [-0.3, -0.25) is 4.79 Å². The first kappa shape index (κ1) is 14.8. The van der Waals surface area contributed by atoms with Crippen molar-refractivity contribution in [3.8, 4) is 0 Å². The fraction of sp³-hybridized carbons (Fsp3) is 0.111. The summed E-state index contributed by atoms with van der Waals surface area (Å²) in [6.45, 7) is 0. The second-order valence-corrected chi connectivity index (χ2v) is 5.20. The van der Waals surface area contributed by atoms with E-state index in [4.69, 9.17) is 4.74 Å². The molecule has 0 aliphatic carbocycles. The van der Waals surface area contributed by atoms with Gasteiger partial charge in [-0.05, 0) is 24.3 Å². The molecular formula is C18H16N2O3. The lowest BCUT2D eigenvalue weighted by atomic mass is 10.1. The molecule has 0 aliphatic heterocycles. The van der Waals surface area contributed by atoms with E-state index in [1.807, 2.05) is 41.9 Å². The van der Waals surface area contributed by atoms with Crippen molar-refractivity contribution in [3.05, 3.63) is 65.9 Å². The van der Waals surface area contributed by atoms with Crippen molar-refractivity contribution in [3.63, 3.8) is 0 Å². The van der Waals surface area contributed by atoms with E-state index in [2.05, 4.69) is 5.32 Å². The number of esters is 1. The van der Waals surface area contributed by atoms with E-state index in [1.165, 1.54) is 7.11 Å². The number of carbonyl (C=O) groups excluding carboxylic acids is 2. The standard InChI is InChI=1S/C18H16N2O3/c1-20-11-15(17(21)19-13-6-4-3-5-7-13)14-9-8-12(10-16(14)20)18(22)23-2/h3-11H,1-2H3,(H,19,21). The van der Waals surface area contributed by atoms with Crippen molar-refractivity contribution in [1.82, 2.24) is 4.57 Å². The molecule has 0 saturated carbocycles. The van der Waals surface area contributed by atoms with Crippen LogP contribution in [-0.4, -0.2) is 23.6 Å². The van der Waals surface area contributed by atoms with Crippen LogP contribution in [0.2, 0.25) is 0 Å². The Kier molecular flexibility index (Phi) is 3.85. The number of fused-ring (bicyclic) bond motifs is 1. The highest BCUT2D eigenvalue weighted by molar-refractivity contribution is 6.13. The van der Waals surface area contributed by atoms with Gasteiger partial charge in [-0.15, -0.1) is 0 Å². The minimum atomic E-state index is -0.400. The summed E-state index contributed by atoms with van der Waals surface area (Å²) in [5.74, 6) is -0.587. The van der Waals surface area contributed by atoms with E-state index in [-0.39, 0.29) is 5.91 Å². The number of methoxy groups -OCH3 is 1. The highest BCUT2D eigenvalue weighted by atomic mass is 16.5. The molecule has 0 saturated heterocycles. The number of ether oxygens (including phenoxy) is 1. The molecule has 0 aliphatic rings. The van der Waals surface area contributed by atoms with Crippen LogP contribution in [0, 0.1) is 0 Å². The van der Waals surface area contributed by atoms with Crippen LogP contribution in [0.25, 0.3) is 10.9 Å². The molecule has 0 unspecified atom stereocenters. The molecule has 1 aromatic heterocycles. The number of nitrogens with zero attached hydrogens (tertiary/aromatic N) is 1. The molecule has 5 nitrogen and oxygen atoms in total. The predicted molar refractivity (Wildman–Crippen MR) is 88.7 cm³/mol. The highest BCUT2D eigenvalue weighted by Crippen LogP contribution is 2.23. The zero-order valence-electron chi connectivity index (χ0n) is 12.9. The smallest absolute Gasteiger partial charge is 0.337 e. The molecular weight excluding hydrogens is 292 g/mol. The van der Waals surface area contributed by atoms with Crippen molar-refractivity contribution in [2.45, 2.75) is 0 Å². The Bertz CT molecular complexity index is 882. The van der Waals surface area contributed by atoms with Gasteiger partial charge in [-0.2, -0.15) is 0 Å². The third kappa shape index (κ3) is 2.81. The molecule has 1 amide bonds. The number of nitrogens with one attached hydrogen (secondary N) is 1. The molecule has 0 atom stereocenters. The van der Waals surface area contributed by atoms with Crippen LogP contribution in [0.15, 0.2) is 54.7 Å². The van der Waals surface area contributed by atoms with Crippen molar-refractivity contribution >= 4 is 28.5 Å². The molecule has 0 spiro atoms. The van der Waals surface area contributed by atoms with Crippen molar-refractivity contribution in [2.24, 2.45) is 7.05 Å². The van der Waals surface area contributed by atoms with Crippen molar-refractivity contribution in [2.75, 3.05) is 12.4 Å². The van der Waals surface area contributed by atoms with Crippen LogP contribution < -0.4 is 5.32 Å². The zero-order valence-corrected chi connectivity index (χ0v) is 12.9. The van der Waals surface area contributed by atoms with Crippen LogP contribution in [0.1, 0.15) is 20.7 Å². The van der Waals surface area contributed by atoms with Crippen molar-refractivity contribution in [1.29, 1.82) is 0 Å². The Morgan fingerprint density at radius 3 is 2.52 bits per heavy atom. The van der Waals surface area contributed by atoms with Gasteiger partial charge in [0.2, 0.25) is 0 Å². The fourth-order valence-electron chi connectivity index (χ4n) is 2.53. The van der Waals surface area contributed by atoms with Crippen LogP contribution in [0.5, 0.6) is 0 Å². The molecule has 5 heteroatoms. The normalized spacial score (nSPS) is 10.5. The number of aromatic nitrogens is 1. The van der Waals surface area contributed by atoms with Gasteiger partial charge in [-0.1, -0.05) is 24.3 Å². The first-order chi connectivity index (χ1) is 11.1. The maximum Gasteiger partial charge on any atom is 0.337 e. The summed E-state index contributed by atoms with van der Waals surface area (Å²) in [6, 6.07) is 14.4. The maximum atomic E-state index is 12.5. The molecule has 1 N–H and O–H groups in total. The Morgan fingerprint density at radius 2 is 1.83 bits per heavy atom. The minimum absolute atomic E-state index is 0.187. The van der Waals surface area contributed by atoms with Gasteiger partial charge in [-0.25, -0.2) is 4.79 Å². The number of carbonyl (C=O) groups is 2. The van der Waals surface area contributed by atoms with Crippen LogP contribution in [-0.2, 0) is 11.8 Å². The van der Waals surface area contributed by atoms with Crippen LogP contribution in [0.4, 0.5) is 5.69 Å². The summed E-state index contributed by atoms with van der Waals surface area (Å²) in [4.78, 5) is 24.1. The summed E-state index contributed by atoms with van der Waals surface area (Å²) in [5.41, 5.74) is 2.55. The number of amides is 1. The summed E-state index contributed by atoms with van der Waals surface area (Å²) in [6.07, 6.45) is 1.75. The SMILES string of the molecule is COC(=O)c1ccc2c(C(=O)Nc3ccccc3)cn(C)c2c1. The van der Waals surface area contributed by atoms with Gasteiger partial charge in [0.15, 0.2) is 0 Å². The molecule has 23 heavy (non-hydrogen) atoms. The molecule has 1 heterocycles. The van der Waals surface area contributed by atoms with E-state index in [9.17, 15) is 9.59 Å². The van der Waals surface area contributed by atoms with Crippen LogP contribution in [0.3, 0.4) is 0 Å². The largest absolute Gasteiger partial charge is 0.465 e. The number of aryl methyl sites for hydroxylation is 1. The lowest BCUT2D eigenvalue weighted by Crippen LogP contribution is -2.11. The average Bonchev–Trinajstić information content (AvgIpc) is 2.91. The minimum Gasteiger partial charge on any atom is -0.465 e. The maximum absolute atomic E-state index is 12.5. The Morgan fingerprint density at radius 1 is 1.09 bits per heavy atom. The predicted octanol–water partition coefficient (Wildman–Crippen LogP) is 3.22.